The summed E-state index contributed by atoms with van der Waals surface area (Å²) in [5.41, 5.74) is 0. The molecule has 0 aromatic heterocycles. The summed E-state index contributed by atoms with van der Waals surface area (Å²) in [4.78, 5) is 12.0. The lowest BCUT2D eigenvalue weighted by molar-refractivity contribution is -0.184. The molecule has 2 unspecified atom stereocenters. The summed E-state index contributed by atoms with van der Waals surface area (Å²) >= 11 is 0. The highest BCUT2D eigenvalue weighted by atomic mass is 19.4. The van der Waals surface area contributed by atoms with E-state index in [4.69, 9.17) is 0 Å². The van der Waals surface area contributed by atoms with Gasteiger partial charge in [-0.15, -0.1) is 0 Å². The first-order valence-electron chi connectivity index (χ1n) is 7.34. The second-order valence-corrected chi connectivity index (χ2v) is 5.95. The van der Waals surface area contributed by atoms with Crippen LogP contribution in [0.2, 0.25) is 0 Å². The minimum Gasteiger partial charge on any atom is -0.353 e. The Bertz CT molecular complexity index is 310. The Morgan fingerprint density at radius 1 is 0.947 bits per heavy atom. The lowest BCUT2D eigenvalue weighted by Crippen LogP contribution is -2.44. The van der Waals surface area contributed by atoms with E-state index in [0.29, 0.717) is 12.8 Å². The van der Waals surface area contributed by atoms with Crippen molar-refractivity contribution in [2.24, 2.45) is 11.8 Å². The number of carbonyl (C=O) groups excluding carboxylic acids is 1. The lowest BCUT2D eigenvalue weighted by atomic mass is 9.84. The molecule has 19 heavy (non-hydrogen) atoms. The van der Waals surface area contributed by atoms with E-state index in [0.717, 1.165) is 25.7 Å². The summed E-state index contributed by atoms with van der Waals surface area (Å²) < 4.78 is 38.1. The number of alkyl halides is 3. The van der Waals surface area contributed by atoms with Gasteiger partial charge in [0.25, 0.3) is 0 Å². The van der Waals surface area contributed by atoms with Gasteiger partial charge in [-0.25, -0.2) is 0 Å². The first-order chi connectivity index (χ1) is 8.97. The van der Waals surface area contributed by atoms with Crippen LogP contribution in [-0.4, -0.2) is 18.1 Å². The topological polar surface area (TPSA) is 29.1 Å². The van der Waals surface area contributed by atoms with Crippen LogP contribution in [-0.2, 0) is 4.79 Å². The van der Waals surface area contributed by atoms with E-state index < -0.39 is 12.1 Å². The molecule has 2 atom stereocenters. The fraction of sp³-hybridized carbons (Fsp3) is 0.929. The quantitative estimate of drug-likeness (QED) is 0.817. The Morgan fingerprint density at radius 2 is 1.63 bits per heavy atom. The lowest BCUT2D eigenvalue weighted by Gasteiger charge is -2.32. The third-order valence-corrected chi connectivity index (χ3v) is 4.46. The Hall–Kier alpha value is -0.740. The molecule has 1 amide bonds. The number of nitrogens with one attached hydrogen (secondary N) is 1. The average molecular weight is 277 g/mol. The fourth-order valence-corrected chi connectivity index (χ4v) is 3.30. The SMILES string of the molecule is O=C(NC1CCCC(C(F)(F)F)C1)C1CCCCC1. The zero-order chi connectivity index (χ0) is 13.9. The summed E-state index contributed by atoms with van der Waals surface area (Å²) in [6.45, 7) is 0. The zero-order valence-electron chi connectivity index (χ0n) is 11.1. The smallest absolute Gasteiger partial charge is 0.353 e. The first-order valence-corrected chi connectivity index (χ1v) is 7.34. The Morgan fingerprint density at radius 3 is 2.26 bits per heavy atom. The van der Waals surface area contributed by atoms with E-state index in [1.165, 1.54) is 6.42 Å². The summed E-state index contributed by atoms with van der Waals surface area (Å²) in [5.74, 6) is -1.23. The molecule has 1 N–H and O–H groups in total. The normalized spacial score (nSPS) is 30.1. The molecule has 2 rings (SSSR count). The van der Waals surface area contributed by atoms with Gasteiger partial charge in [0.15, 0.2) is 0 Å². The van der Waals surface area contributed by atoms with Crippen molar-refractivity contribution in [2.75, 3.05) is 0 Å². The van der Waals surface area contributed by atoms with Gasteiger partial charge in [0.05, 0.1) is 5.92 Å². The Kier molecular flexibility index (Phi) is 4.74. The van der Waals surface area contributed by atoms with E-state index in [1.807, 2.05) is 0 Å². The van der Waals surface area contributed by atoms with Crippen LogP contribution in [0.3, 0.4) is 0 Å². The van der Waals surface area contributed by atoms with Crippen molar-refractivity contribution in [3.05, 3.63) is 0 Å². The molecular weight excluding hydrogens is 255 g/mol. The fourth-order valence-electron chi connectivity index (χ4n) is 3.30. The number of hydrogen-bond acceptors (Lipinski definition) is 1. The van der Waals surface area contributed by atoms with Crippen LogP contribution in [0.4, 0.5) is 13.2 Å². The van der Waals surface area contributed by atoms with Crippen molar-refractivity contribution >= 4 is 5.91 Å². The molecule has 2 aliphatic rings. The van der Waals surface area contributed by atoms with Crippen LogP contribution < -0.4 is 5.32 Å². The Labute approximate surface area is 112 Å². The minimum absolute atomic E-state index is 0.0208. The third kappa shape index (κ3) is 4.11. The second-order valence-electron chi connectivity index (χ2n) is 5.95. The summed E-state index contributed by atoms with van der Waals surface area (Å²) in [6.07, 6.45) is 2.47. The molecule has 0 spiro atoms. The second kappa shape index (κ2) is 6.14. The number of rotatable bonds is 2. The molecule has 2 saturated carbocycles. The molecule has 2 aliphatic carbocycles. The summed E-state index contributed by atoms with van der Waals surface area (Å²) in [5, 5.41) is 2.85. The van der Waals surface area contributed by atoms with Gasteiger partial charge in [-0.3, -0.25) is 4.79 Å². The van der Waals surface area contributed by atoms with Crippen LogP contribution in [0.5, 0.6) is 0 Å². The van der Waals surface area contributed by atoms with Crippen molar-refractivity contribution in [2.45, 2.75) is 70.0 Å². The van der Waals surface area contributed by atoms with E-state index in [2.05, 4.69) is 5.32 Å². The molecular formula is C14H22F3NO. The number of halogens is 3. The molecule has 0 saturated heterocycles. The molecule has 0 bridgehead atoms. The number of amides is 1. The molecule has 5 heteroatoms. The van der Waals surface area contributed by atoms with Gasteiger partial charge < -0.3 is 5.32 Å². The number of hydrogen-bond donors (Lipinski definition) is 1. The monoisotopic (exact) mass is 277 g/mol. The van der Waals surface area contributed by atoms with Gasteiger partial charge in [0, 0.05) is 12.0 Å². The van der Waals surface area contributed by atoms with Gasteiger partial charge >= 0.3 is 6.18 Å². The van der Waals surface area contributed by atoms with Crippen molar-refractivity contribution in [1.29, 1.82) is 0 Å². The molecule has 0 aromatic carbocycles. The van der Waals surface area contributed by atoms with Crippen LogP contribution in [0.25, 0.3) is 0 Å². The zero-order valence-corrected chi connectivity index (χ0v) is 11.1. The largest absolute Gasteiger partial charge is 0.391 e. The maximum absolute atomic E-state index is 12.7. The van der Waals surface area contributed by atoms with Gasteiger partial charge in [0.1, 0.15) is 0 Å². The predicted molar refractivity (Wildman–Crippen MR) is 66.5 cm³/mol. The predicted octanol–water partition coefficient (Wildman–Crippen LogP) is 3.80. The molecule has 0 aliphatic heterocycles. The minimum atomic E-state index is -4.12. The molecule has 0 aromatic rings. The molecule has 110 valence electrons. The van der Waals surface area contributed by atoms with E-state index >= 15 is 0 Å². The third-order valence-electron chi connectivity index (χ3n) is 4.46. The Balaban J connectivity index is 1.83. The van der Waals surface area contributed by atoms with Gasteiger partial charge in [-0.2, -0.15) is 13.2 Å². The summed E-state index contributed by atoms with van der Waals surface area (Å²) in [6, 6.07) is -0.283. The maximum Gasteiger partial charge on any atom is 0.391 e. The first kappa shape index (κ1) is 14.7. The highest BCUT2D eigenvalue weighted by molar-refractivity contribution is 5.79. The van der Waals surface area contributed by atoms with Gasteiger partial charge in [-0.1, -0.05) is 25.7 Å². The van der Waals surface area contributed by atoms with E-state index in [9.17, 15) is 18.0 Å². The number of carbonyl (C=O) groups is 1. The van der Waals surface area contributed by atoms with Crippen LogP contribution in [0.15, 0.2) is 0 Å². The summed E-state index contributed by atoms with van der Waals surface area (Å²) in [7, 11) is 0. The van der Waals surface area contributed by atoms with Crippen molar-refractivity contribution in [3.63, 3.8) is 0 Å². The van der Waals surface area contributed by atoms with Crippen molar-refractivity contribution in [1.82, 2.24) is 5.32 Å². The van der Waals surface area contributed by atoms with E-state index in [1.54, 1.807) is 0 Å². The molecule has 2 fully saturated rings. The van der Waals surface area contributed by atoms with Crippen LogP contribution in [0.1, 0.15) is 57.8 Å². The van der Waals surface area contributed by atoms with Crippen molar-refractivity contribution < 1.29 is 18.0 Å². The van der Waals surface area contributed by atoms with Crippen LogP contribution >= 0.6 is 0 Å². The maximum atomic E-state index is 12.7. The van der Waals surface area contributed by atoms with Crippen molar-refractivity contribution in [3.8, 4) is 0 Å². The highest BCUT2D eigenvalue weighted by Crippen LogP contribution is 2.37. The van der Waals surface area contributed by atoms with E-state index in [-0.39, 0.29) is 30.7 Å². The van der Waals surface area contributed by atoms with Gasteiger partial charge in [0.2, 0.25) is 5.91 Å². The standard InChI is InChI=1S/C14H22F3NO/c15-14(16,17)11-7-4-8-12(9-11)18-13(19)10-5-2-1-3-6-10/h10-12H,1-9H2,(H,18,19). The average Bonchev–Trinajstić information content (AvgIpc) is 2.39. The highest BCUT2D eigenvalue weighted by Gasteiger charge is 2.42. The molecule has 0 heterocycles. The van der Waals surface area contributed by atoms with Gasteiger partial charge in [-0.05, 0) is 32.1 Å². The van der Waals surface area contributed by atoms with Crippen LogP contribution in [0, 0.1) is 11.8 Å². The molecule has 0 radical (unpaired) electrons. The molecule has 2 nitrogen and oxygen atoms in total.